The quantitative estimate of drug-likeness (QED) is 0.342. The third-order valence-corrected chi connectivity index (χ3v) is 5.76. The molecule has 0 spiro atoms. The highest BCUT2D eigenvalue weighted by molar-refractivity contribution is 7.98. The number of thioether (sulfide) groups is 1. The molecule has 5 rings (SSSR count). The van der Waals surface area contributed by atoms with Crippen molar-refractivity contribution in [3.05, 3.63) is 107 Å². The van der Waals surface area contributed by atoms with Crippen LogP contribution in [-0.4, -0.2) is 14.4 Å². The minimum absolute atomic E-state index is 0.0911. The zero-order chi connectivity index (χ0) is 21.2. The van der Waals surface area contributed by atoms with Crippen LogP contribution in [0.1, 0.15) is 11.3 Å². The van der Waals surface area contributed by atoms with Gasteiger partial charge in [0.2, 0.25) is 0 Å². The van der Waals surface area contributed by atoms with Crippen LogP contribution >= 0.6 is 11.8 Å². The summed E-state index contributed by atoms with van der Waals surface area (Å²) in [5, 5.41) is 0.545. The zero-order valence-electron chi connectivity index (χ0n) is 16.9. The summed E-state index contributed by atoms with van der Waals surface area (Å²) in [6, 6.07) is 25.3. The standard InChI is InChI=1S/C25H19N3O2S/c1-17-12-13-21-26-20(14-22(29)28(21)15-17)16-31-25-27-23(18-8-4-2-5-9-18)24(30-25)19-10-6-3-7-11-19/h2-15H,16H2,1H3. The molecule has 0 atom stereocenters. The van der Waals surface area contributed by atoms with E-state index in [1.807, 2.05) is 79.7 Å². The normalized spacial score (nSPS) is 11.1. The van der Waals surface area contributed by atoms with E-state index in [0.717, 1.165) is 28.1 Å². The number of benzene rings is 2. The van der Waals surface area contributed by atoms with E-state index in [0.29, 0.717) is 22.3 Å². The maximum Gasteiger partial charge on any atom is 0.258 e. The van der Waals surface area contributed by atoms with E-state index in [9.17, 15) is 4.79 Å². The van der Waals surface area contributed by atoms with Crippen LogP contribution in [0.4, 0.5) is 0 Å². The molecule has 0 bridgehead atoms. The van der Waals surface area contributed by atoms with Gasteiger partial charge in [0.05, 0.1) is 5.69 Å². The van der Waals surface area contributed by atoms with E-state index in [2.05, 4.69) is 4.98 Å². The summed E-state index contributed by atoms with van der Waals surface area (Å²) < 4.78 is 7.72. The highest BCUT2D eigenvalue weighted by Crippen LogP contribution is 2.36. The summed E-state index contributed by atoms with van der Waals surface area (Å²) in [6.07, 6.45) is 1.80. The van der Waals surface area contributed by atoms with Crippen LogP contribution in [0.25, 0.3) is 28.2 Å². The Hall–Kier alpha value is -3.64. The van der Waals surface area contributed by atoms with Crippen molar-refractivity contribution in [2.45, 2.75) is 17.9 Å². The Kier molecular flexibility index (Phi) is 5.14. The molecule has 152 valence electrons. The Bertz CT molecular complexity index is 1350. The van der Waals surface area contributed by atoms with Gasteiger partial charge < -0.3 is 4.42 Å². The summed E-state index contributed by atoms with van der Waals surface area (Å²) >= 11 is 1.43. The molecule has 0 fully saturated rings. The SMILES string of the molecule is Cc1ccc2nc(CSc3nc(-c4ccccc4)c(-c4ccccc4)o3)cc(=O)n2c1. The maximum atomic E-state index is 12.5. The molecule has 0 aliphatic carbocycles. The van der Waals surface area contributed by atoms with Gasteiger partial charge >= 0.3 is 0 Å². The number of hydrogen-bond acceptors (Lipinski definition) is 5. The monoisotopic (exact) mass is 425 g/mol. The third kappa shape index (κ3) is 4.02. The molecule has 0 aliphatic heterocycles. The second-order valence-corrected chi connectivity index (χ2v) is 8.13. The van der Waals surface area contributed by atoms with E-state index in [1.165, 1.54) is 11.8 Å². The second kappa shape index (κ2) is 8.24. The largest absolute Gasteiger partial charge is 0.431 e. The molecule has 0 N–H and O–H groups in total. The van der Waals surface area contributed by atoms with Crippen LogP contribution in [0.3, 0.4) is 0 Å². The number of rotatable bonds is 5. The summed E-state index contributed by atoms with van der Waals surface area (Å²) in [7, 11) is 0. The van der Waals surface area contributed by atoms with E-state index in [4.69, 9.17) is 9.40 Å². The Morgan fingerprint density at radius 2 is 1.61 bits per heavy atom. The molecular formula is C25H19N3O2S. The molecule has 0 aliphatic rings. The number of oxazole rings is 1. The van der Waals surface area contributed by atoms with Crippen molar-refractivity contribution < 1.29 is 4.42 Å². The number of pyridine rings is 1. The van der Waals surface area contributed by atoms with Gasteiger partial charge in [0.15, 0.2) is 5.76 Å². The Morgan fingerprint density at radius 1 is 0.903 bits per heavy atom. The molecule has 0 saturated carbocycles. The van der Waals surface area contributed by atoms with Crippen molar-refractivity contribution in [3.63, 3.8) is 0 Å². The molecule has 0 radical (unpaired) electrons. The molecule has 31 heavy (non-hydrogen) atoms. The van der Waals surface area contributed by atoms with Crippen molar-refractivity contribution in [3.8, 4) is 22.6 Å². The molecule has 5 nitrogen and oxygen atoms in total. The molecule has 6 heteroatoms. The van der Waals surface area contributed by atoms with E-state index in [1.54, 1.807) is 16.7 Å². The Labute approximate surface area is 183 Å². The van der Waals surface area contributed by atoms with E-state index >= 15 is 0 Å². The van der Waals surface area contributed by atoms with Crippen LogP contribution in [0, 0.1) is 6.92 Å². The van der Waals surface area contributed by atoms with E-state index in [-0.39, 0.29) is 5.56 Å². The molecule has 5 aromatic rings. The lowest BCUT2D eigenvalue weighted by molar-refractivity contribution is 0.466. The van der Waals surface area contributed by atoms with Crippen molar-refractivity contribution in [1.82, 2.24) is 14.4 Å². The molecule has 2 aromatic carbocycles. The average molecular weight is 426 g/mol. The minimum atomic E-state index is -0.0911. The lowest BCUT2D eigenvalue weighted by Gasteiger charge is -2.04. The second-order valence-electron chi connectivity index (χ2n) is 7.20. The molecule has 3 aromatic heterocycles. The van der Waals surface area contributed by atoms with Gasteiger partial charge in [0.25, 0.3) is 10.8 Å². The van der Waals surface area contributed by atoms with Crippen molar-refractivity contribution in [2.75, 3.05) is 0 Å². The van der Waals surface area contributed by atoms with Crippen molar-refractivity contribution >= 4 is 17.4 Å². The average Bonchev–Trinajstić information content (AvgIpc) is 3.24. The number of aryl methyl sites for hydroxylation is 1. The zero-order valence-corrected chi connectivity index (χ0v) is 17.7. The predicted octanol–water partition coefficient (Wildman–Crippen LogP) is 5.62. The van der Waals surface area contributed by atoms with Crippen LogP contribution in [-0.2, 0) is 5.75 Å². The van der Waals surface area contributed by atoms with Gasteiger partial charge in [0.1, 0.15) is 11.3 Å². The predicted molar refractivity (Wildman–Crippen MR) is 123 cm³/mol. The van der Waals surface area contributed by atoms with Crippen LogP contribution in [0.5, 0.6) is 0 Å². The summed E-state index contributed by atoms with van der Waals surface area (Å²) in [6.45, 7) is 1.95. The van der Waals surface area contributed by atoms with Gasteiger partial charge in [-0.3, -0.25) is 9.20 Å². The fourth-order valence-corrected chi connectivity index (χ4v) is 4.12. The van der Waals surface area contributed by atoms with Crippen LogP contribution in [0.15, 0.2) is 99.5 Å². The lowest BCUT2D eigenvalue weighted by Crippen LogP contribution is -2.15. The number of hydrogen-bond donors (Lipinski definition) is 0. The van der Waals surface area contributed by atoms with Gasteiger partial charge in [-0.05, 0) is 18.6 Å². The molecule has 0 saturated heterocycles. The molecule has 0 amide bonds. The van der Waals surface area contributed by atoms with Gasteiger partial charge in [0, 0.05) is 29.1 Å². The minimum Gasteiger partial charge on any atom is -0.431 e. The van der Waals surface area contributed by atoms with E-state index < -0.39 is 0 Å². The number of fused-ring (bicyclic) bond motifs is 1. The van der Waals surface area contributed by atoms with Crippen LogP contribution < -0.4 is 5.56 Å². The Balaban J connectivity index is 1.47. The fourth-order valence-electron chi connectivity index (χ4n) is 3.41. The van der Waals surface area contributed by atoms with Crippen molar-refractivity contribution in [2.24, 2.45) is 0 Å². The highest BCUT2D eigenvalue weighted by atomic mass is 32.2. The first-order valence-electron chi connectivity index (χ1n) is 9.91. The molecule has 3 heterocycles. The molecule has 0 unspecified atom stereocenters. The lowest BCUT2D eigenvalue weighted by atomic mass is 10.1. The first-order chi connectivity index (χ1) is 15.2. The Morgan fingerprint density at radius 3 is 2.35 bits per heavy atom. The number of aromatic nitrogens is 3. The van der Waals surface area contributed by atoms with Crippen LogP contribution in [0.2, 0.25) is 0 Å². The summed E-state index contributed by atoms with van der Waals surface area (Å²) in [4.78, 5) is 21.8. The topological polar surface area (TPSA) is 60.4 Å². The molecular weight excluding hydrogens is 406 g/mol. The highest BCUT2D eigenvalue weighted by Gasteiger charge is 2.17. The fraction of sp³-hybridized carbons (Fsp3) is 0.0800. The van der Waals surface area contributed by atoms with Gasteiger partial charge in [-0.15, -0.1) is 0 Å². The third-order valence-electron chi connectivity index (χ3n) is 4.89. The van der Waals surface area contributed by atoms with Gasteiger partial charge in [-0.2, -0.15) is 0 Å². The van der Waals surface area contributed by atoms with Crippen molar-refractivity contribution in [1.29, 1.82) is 0 Å². The smallest absolute Gasteiger partial charge is 0.258 e. The summed E-state index contributed by atoms with van der Waals surface area (Å²) in [5.74, 6) is 1.22. The maximum absolute atomic E-state index is 12.5. The number of nitrogens with zero attached hydrogens (tertiary/aromatic N) is 3. The van der Waals surface area contributed by atoms with Gasteiger partial charge in [-0.25, -0.2) is 9.97 Å². The first-order valence-corrected chi connectivity index (χ1v) is 10.9. The van der Waals surface area contributed by atoms with Gasteiger partial charge in [-0.1, -0.05) is 78.5 Å². The summed E-state index contributed by atoms with van der Waals surface area (Å²) in [5.41, 5.74) is 5.02. The first kappa shape index (κ1) is 19.3.